The van der Waals surface area contributed by atoms with E-state index >= 15 is 0 Å². The maximum atomic E-state index is 3.67. The van der Waals surface area contributed by atoms with E-state index in [4.69, 9.17) is 0 Å². The predicted molar refractivity (Wildman–Crippen MR) is 93.2 cm³/mol. The quantitative estimate of drug-likeness (QED) is 0.619. The summed E-state index contributed by atoms with van der Waals surface area (Å²) in [6, 6.07) is 9.40. The van der Waals surface area contributed by atoms with Crippen molar-refractivity contribution in [1.29, 1.82) is 0 Å². The van der Waals surface area contributed by atoms with Crippen molar-refractivity contribution in [3.63, 3.8) is 0 Å². The van der Waals surface area contributed by atoms with Crippen LogP contribution in [-0.2, 0) is 6.42 Å². The molecule has 1 N–H and O–H groups in total. The SMILES string of the molecule is CCCCC(CC)(CNC(C)C)Cc1ccc(Br)cc1. The van der Waals surface area contributed by atoms with Gasteiger partial charge in [-0.15, -0.1) is 0 Å². The largest absolute Gasteiger partial charge is 0.314 e. The van der Waals surface area contributed by atoms with E-state index < -0.39 is 0 Å². The van der Waals surface area contributed by atoms with E-state index in [0.29, 0.717) is 11.5 Å². The fourth-order valence-corrected chi connectivity index (χ4v) is 2.94. The zero-order chi connectivity index (χ0) is 15.0. The molecule has 114 valence electrons. The van der Waals surface area contributed by atoms with Crippen LogP contribution in [-0.4, -0.2) is 12.6 Å². The molecule has 0 spiro atoms. The molecule has 0 aliphatic rings. The lowest BCUT2D eigenvalue weighted by Crippen LogP contribution is -2.39. The molecule has 1 aromatic rings. The minimum atomic E-state index is 0.397. The number of nitrogens with one attached hydrogen (secondary N) is 1. The molecule has 1 nitrogen and oxygen atoms in total. The van der Waals surface area contributed by atoms with Gasteiger partial charge >= 0.3 is 0 Å². The van der Waals surface area contributed by atoms with Crippen molar-refractivity contribution < 1.29 is 0 Å². The monoisotopic (exact) mass is 339 g/mol. The van der Waals surface area contributed by atoms with Gasteiger partial charge in [-0.3, -0.25) is 0 Å². The molecule has 0 aliphatic carbocycles. The summed E-state index contributed by atoms with van der Waals surface area (Å²) in [5.74, 6) is 0. The molecule has 1 unspecified atom stereocenters. The van der Waals surface area contributed by atoms with Crippen LogP contribution in [0.3, 0.4) is 0 Å². The van der Waals surface area contributed by atoms with Gasteiger partial charge in [0.2, 0.25) is 0 Å². The van der Waals surface area contributed by atoms with Gasteiger partial charge in [-0.25, -0.2) is 0 Å². The van der Waals surface area contributed by atoms with Gasteiger partial charge in [-0.05, 0) is 42.4 Å². The van der Waals surface area contributed by atoms with Gasteiger partial charge in [0.05, 0.1) is 0 Å². The molecule has 0 fully saturated rings. The van der Waals surface area contributed by atoms with Gasteiger partial charge in [0.25, 0.3) is 0 Å². The molecule has 0 bridgehead atoms. The van der Waals surface area contributed by atoms with Gasteiger partial charge < -0.3 is 5.32 Å². The van der Waals surface area contributed by atoms with Crippen LogP contribution in [0.5, 0.6) is 0 Å². The molecule has 0 aromatic heterocycles. The summed E-state index contributed by atoms with van der Waals surface area (Å²) in [5, 5.41) is 3.67. The Hall–Kier alpha value is -0.340. The summed E-state index contributed by atoms with van der Waals surface area (Å²) in [5.41, 5.74) is 1.85. The molecule has 0 amide bonds. The van der Waals surface area contributed by atoms with E-state index in [0.717, 1.165) is 11.0 Å². The van der Waals surface area contributed by atoms with Crippen LogP contribution in [0, 0.1) is 5.41 Å². The molecule has 0 saturated carbocycles. The zero-order valence-electron chi connectivity index (χ0n) is 13.5. The number of benzene rings is 1. The van der Waals surface area contributed by atoms with E-state index in [1.165, 1.54) is 37.7 Å². The van der Waals surface area contributed by atoms with Gasteiger partial charge in [0, 0.05) is 17.1 Å². The van der Waals surface area contributed by atoms with Gasteiger partial charge in [-0.1, -0.05) is 68.6 Å². The van der Waals surface area contributed by atoms with E-state index in [-0.39, 0.29) is 0 Å². The standard InChI is InChI=1S/C18H30BrN/c1-5-7-12-18(6-2,14-20-15(3)4)13-16-8-10-17(19)11-9-16/h8-11,15,20H,5-7,12-14H2,1-4H3. The molecule has 0 radical (unpaired) electrons. The lowest BCUT2D eigenvalue weighted by atomic mass is 9.75. The highest BCUT2D eigenvalue weighted by molar-refractivity contribution is 9.10. The normalized spacial score (nSPS) is 14.5. The van der Waals surface area contributed by atoms with E-state index in [1.807, 2.05) is 0 Å². The number of unbranched alkanes of at least 4 members (excludes halogenated alkanes) is 1. The summed E-state index contributed by atoms with van der Waals surface area (Å²) in [7, 11) is 0. The van der Waals surface area contributed by atoms with Crippen LogP contribution in [0.4, 0.5) is 0 Å². The third-order valence-electron chi connectivity index (χ3n) is 4.19. The summed E-state index contributed by atoms with van der Waals surface area (Å²) in [6.07, 6.45) is 6.34. The Balaban J connectivity index is 2.80. The van der Waals surface area contributed by atoms with E-state index in [9.17, 15) is 0 Å². The maximum Gasteiger partial charge on any atom is 0.0175 e. The first-order chi connectivity index (χ1) is 9.51. The lowest BCUT2D eigenvalue weighted by Gasteiger charge is -2.34. The van der Waals surface area contributed by atoms with Crippen molar-refractivity contribution in [2.75, 3.05) is 6.54 Å². The minimum Gasteiger partial charge on any atom is -0.314 e. The van der Waals surface area contributed by atoms with Crippen molar-refractivity contribution in [1.82, 2.24) is 5.32 Å². The number of hydrogen-bond acceptors (Lipinski definition) is 1. The van der Waals surface area contributed by atoms with Crippen LogP contribution >= 0.6 is 15.9 Å². The molecule has 0 heterocycles. The van der Waals surface area contributed by atoms with Crippen LogP contribution < -0.4 is 5.32 Å². The first-order valence-corrected chi connectivity index (χ1v) is 8.78. The van der Waals surface area contributed by atoms with Crippen LogP contribution in [0.2, 0.25) is 0 Å². The van der Waals surface area contributed by atoms with Crippen LogP contribution in [0.15, 0.2) is 28.7 Å². The van der Waals surface area contributed by atoms with Crippen molar-refractivity contribution in [3.8, 4) is 0 Å². The predicted octanol–water partition coefficient (Wildman–Crippen LogP) is 5.58. The summed E-state index contributed by atoms with van der Waals surface area (Å²) < 4.78 is 1.16. The Morgan fingerprint density at radius 2 is 1.80 bits per heavy atom. The fourth-order valence-electron chi connectivity index (χ4n) is 2.67. The molecule has 2 heteroatoms. The highest BCUT2D eigenvalue weighted by atomic mass is 79.9. The molecular formula is C18H30BrN. The van der Waals surface area contributed by atoms with Gasteiger partial charge in [-0.2, -0.15) is 0 Å². The molecule has 20 heavy (non-hydrogen) atoms. The first kappa shape index (κ1) is 17.7. The second kappa shape index (κ2) is 8.84. The molecule has 1 rings (SSSR count). The van der Waals surface area contributed by atoms with Crippen molar-refractivity contribution in [2.24, 2.45) is 5.41 Å². The molecular weight excluding hydrogens is 310 g/mol. The average molecular weight is 340 g/mol. The Morgan fingerprint density at radius 3 is 2.30 bits per heavy atom. The van der Waals surface area contributed by atoms with Crippen molar-refractivity contribution >= 4 is 15.9 Å². The second-order valence-electron chi connectivity index (χ2n) is 6.30. The highest BCUT2D eigenvalue weighted by Gasteiger charge is 2.27. The molecule has 1 atom stereocenters. The smallest absolute Gasteiger partial charge is 0.0175 e. The topological polar surface area (TPSA) is 12.0 Å². The Bertz CT molecular complexity index is 372. The first-order valence-electron chi connectivity index (χ1n) is 7.99. The third-order valence-corrected chi connectivity index (χ3v) is 4.72. The maximum absolute atomic E-state index is 3.67. The minimum absolute atomic E-state index is 0.397. The van der Waals surface area contributed by atoms with E-state index in [2.05, 4.69) is 73.2 Å². The molecule has 0 aliphatic heterocycles. The average Bonchev–Trinajstić information content (AvgIpc) is 2.44. The Labute approximate surface area is 133 Å². The van der Waals surface area contributed by atoms with Gasteiger partial charge in [0.1, 0.15) is 0 Å². The van der Waals surface area contributed by atoms with Gasteiger partial charge in [0.15, 0.2) is 0 Å². The summed E-state index contributed by atoms with van der Waals surface area (Å²) in [6.45, 7) is 10.2. The number of halogens is 1. The molecule has 1 aromatic carbocycles. The third kappa shape index (κ3) is 5.97. The number of hydrogen-bond donors (Lipinski definition) is 1. The summed E-state index contributed by atoms with van der Waals surface area (Å²) in [4.78, 5) is 0. The summed E-state index contributed by atoms with van der Waals surface area (Å²) >= 11 is 3.52. The molecule has 0 saturated heterocycles. The van der Waals surface area contributed by atoms with Crippen molar-refractivity contribution in [3.05, 3.63) is 34.3 Å². The van der Waals surface area contributed by atoms with Crippen molar-refractivity contribution in [2.45, 2.75) is 65.8 Å². The lowest BCUT2D eigenvalue weighted by molar-refractivity contribution is 0.223. The number of rotatable bonds is 9. The fraction of sp³-hybridized carbons (Fsp3) is 0.667. The van der Waals surface area contributed by atoms with Crippen LogP contribution in [0.25, 0.3) is 0 Å². The Kier molecular flexibility index (Phi) is 7.83. The van der Waals surface area contributed by atoms with Crippen LogP contribution in [0.1, 0.15) is 58.9 Å². The second-order valence-corrected chi connectivity index (χ2v) is 7.21. The Morgan fingerprint density at radius 1 is 1.15 bits per heavy atom. The zero-order valence-corrected chi connectivity index (χ0v) is 15.1. The van der Waals surface area contributed by atoms with E-state index in [1.54, 1.807) is 0 Å². The highest BCUT2D eigenvalue weighted by Crippen LogP contribution is 2.33.